The van der Waals surface area contributed by atoms with E-state index in [9.17, 15) is 0 Å². The zero-order chi connectivity index (χ0) is 9.80. The van der Waals surface area contributed by atoms with Crippen molar-refractivity contribution >= 4 is 0 Å². The molecule has 0 nitrogen and oxygen atoms in total. The minimum Gasteiger partial charge on any atom is -0.0769 e. The average Bonchev–Trinajstić information content (AvgIpc) is 2.47. The first-order valence-electron chi connectivity index (χ1n) is 5.66. The van der Waals surface area contributed by atoms with Crippen molar-refractivity contribution < 1.29 is 0 Å². The van der Waals surface area contributed by atoms with Crippen LogP contribution in [0, 0.1) is 23.2 Å². The van der Waals surface area contributed by atoms with E-state index in [1.807, 2.05) is 0 Å². The van der Waals surface area contributed by atoms with E-state index in [2.05, 4.69) is 34.6 Å². The summed E-state index contributed by atoms with van der Waals surface area (Å²) in [6.45, 7) is 11.8. The SMILES string of the molecule is CCC1CC(=C(C)C)C2[C@@H]1C2(C)C. The first-order valence-corrected chi connectivity index (χ1v) is 5.66. The van der Waals surface area contributed by atoms with Crippen LogP contribution in [0.1, 0.15) is 47.5 Å². The van der Waals surface area contributed by atoms with Crippen LogP contribution in [0.15, 0.2) is 11.1 Å². The van der Waals surface area contributed by atoms with Crippen molar-refractivity contribution in [3.05, 3.63) is 11.1 Å². The van der Waals surface area contributed by atoms with Crippen molar-refractivity contribution in [3.63, 3.8) is 0 Å². The van der Waals surface area contributed by atoms with Gasteiger partial charge in [0.05, 0.1) is 0 Å². The van der Waals surface area contributed by atoms with Gasteiger partial charge in [-0.1, -0.05) is 38.3 Å². The number of rotatable bonds is 1. The van der Waals surface area contributed by atoms with Crippen molar-refractivity contribution in [2.45, 2.75) is 47.5 Å². The number of allylic oxidation sites excluding steroid dienone is 2. The van der Waals surface area contributed by atoms with E-state index in [1.165, 1.54) is 12.8 Å². The van der Waals surface area contributed by atoms with Crippen LogP contribution in [-0.4, -0.2) is 0 Å². The van der Waals surface area contributed by atoms with Crippen molar-refractivity contribution in [1.82, 2.24) is 0 Å². The molecule has 2 aliphatic carbocycles. The van der Waals surface area contributed by atoms with Gasteiger partial charge in [0.15, 0.2) is 0 Å². The Morgan fingerprint density at radius 1 is 1.38 bits per heavy atom. The van der Waals surface area contributed by atoms with E-state index in [1.54, 1.807) is 11.1 Å². The summed E-state index contributed by atoms with van der Waals surface area (Å²) in [6, 6.07) is 0. The fourth-order valence-electron chi connectivity index (χ4n) is 3.67. The van der Waals surface area contributed by atoms with Crippen LogP contribution < -0.4 is 0 Å². The molecule has 13 heavy (non-hydrogen) atoms. The predicted molar refractivity (Wildman–Crippen MR) is 57.5 cm³/mol. The van der Waals surface area contributed by atoms with E-state index < -0.39 is 0 Å². The monoisotopic (exact) mass is 178 g/mol. The second kappa shape index (κ2) is 2.62. The van der Waals surface area contributed by atoms with Gasteiger partial charge in [-0.3, -0.25) is 0 Å². The van der Waals surface area contributed by atoms with Gasteiger partial charge in [-0.05, 0) is 43.4 Å². The van der Waals surface area contributed by atoms with Crippen LogP contribution >= 0.6 is 0 Å². The van der Waals surface area contributed by atoms with Crippen molar-refractivity contribution in [2.75, 3.05) is 0 Å². The van der Waals surface area contributed by atoms with Gasteiger partial charge in [0.1, 0.15) is 0 Å². The van der Waals surface area contributed by atoms with E-state index in [0.29, 0.717) is 5.41 Å². The zero-order valence-electron chi connectivity index (χ0n) is 9.65. The number of hydrogen-bond donors (Lipinski definition) is 0. The molecule has 0 bridgehead atoms. The molecule has 0 heteroatoms. The molecule has 0 aromatic rings. The maximum atomic E-state index is 2.45. The zero-order valence-corrected chi connectivity index (χ0v) is 9.65. The molecule has 0 aliphatic heterocycles. The summed E-state index contributed by atoms with van der Waals surface area (Å²) in [5, 5.41) is 0. The summed E-state index contributed by atoms with van der Waals surface area (Å²) >= 11 is 0. The molecule has 2 saturated carbocycles. The van der Waals surface area contributed by atoms with Crippen molar-refractivity contribution in [3.8, 4) is 0 Å². The van der Waals surface area contributed by atoms with Gasteiger partial charge in [-0.15, -0.1) is 0 Å². The Morgan fingerprint density at radius 2 is 2.00 bits per heavy atom. The lowest BCUT2D eigenvalue weighted by Crippen LogP contribution is -2.07. The lowest BCUT2D eigenvalue weighted by atomic mass is 9.88. The minimum absolute atomic E-state index is 0.630. The Hall–Kier alpha value is -0.260. The highest BCUT2D eigenvalue weighted by Gasteiger charge is 2.65. The molecule has 74 valence electrons. The van der Waals surface area contributed by atoms with Crippen LogP contribution in [0.5, 0.6) is 0 Å². The van der Waals surface area contributed by atoms with Crippen LogP contribution in [0.2, 0.25) is 0 Å². The van der Waals surface area contributed by atoms with Crippen LogP contribution in [0.4, 0.5) is 0 Å². The summed E-state index contributed by atoms with van der Waals surface area (Å²) in [5.41, 5.74) is 4.02. The van der Waals surface area contributed by atoms with Gasteiger partial charge >= 0.3 is 0 Å². The molecule has 2 unspecified atom stereocenters. The van der Waals surface area contributed by atoms with Gasteiger partial charge in [0.2, 0.25) is 0 Å². The lowest BCUT2D eigenvalue weighted by Gasteiger charge is -2.17. The molecule has 3 atom stereocenters. The number of fused-ring (bicyclic) bond motifs is 1. The highest BCUT2D eigenvalue weighted by molar-refractivity contribution is 5.33. The maximum absolute atomic E-state index is 2.45. The summed E-state index contributed by atoms with van der Waals surface area (Å²) < 4.78 is 0. The quantitative estimate of drug-likeness (QED) is 0.532. The largest absolute Gasteiger partial charge is 0.0769 e. The third-order valence-corrected chi connectivity index (χ3v) is 4.44. The Kier molecular flexibility index (Phi) is 1.87. The van der Waals surface area contributed by atoms with Crippen molar-refractivity contribution in [2.24, 2.45) is 23.2 Å². The first-order chi connectivity index (χ1) is 6.00. The topological polar surface area (TPSA) is 0 Å². The molecule has 0 spiro atoms. The van der Waals surface area contributed by atoms with Gasteiger partial charge in [-0.25, -0.2) is 0 Å². The van der Waals surface area contributed by atoms with Crippen LogP contribution in [-0.2, 0) is 0 Å². The Balaban J connectivity index is 2.27. The fourth-order valence-corrected chi connectivity index (χ4v) is 3.67. The molecule has 0 aromatic carbocycles. The maximum Gasteiger partial charge on any atom is -0.0110 e. The molecule has 2 rings (SSSR count). The summed E-state index contributed by atoms with van der Waals surface area (Å²) in [5.74, 6) is 2.95. The third kappa shape index (κ3) is 1.11. The van der Waals surface area contributed by atoms with Crippen LogP contribution in [0.25, 0.3) is 0 Å². The second-order valence-electron chi connectivity index (χ2n) is 5.72. The lowest BCUT2D eigenvalue weighted by molar-refractivity contribution is 0.382. The fraction of sp³-hybridized carbons (Fsp3) is 0.846. The highest BCUT2D eigenvalue weighted by Crippen LogP contribution is 2.72. The molecule has 0 aromatic heterocycles. The molecule has 0 amide bonds. The highest BCUT2D eigenvalue weighted by atomic mass is 14.7. The Morgan fingerprint density at radius 3 is 2.31 bits per heavy atom. The number of hydrogen-bond acceptors (Lipinski definition) is 0. The summed E-state index contributed by atoms with van der Waals surface area (Å²) in [4.78, 5) is 0. The molecule has 0 saturated heterocycles. The smallest absolute Gasteiger partial charge is 0.0110 e. The van der Waals surface area contributed by atoms with Gasteiger partial charge in [-0.2, -0.15) is 0 Å². The Bertz CT molecular complexity index is 253. The average molecular weight is 178 g/mol. The van der Waals surface area contributed by atoms with Crippen LogP contribution in [0.3, 0.4) is 0 Å². The summed E-state index contributed by atoms with van der Waals surface area (Å²) in [6.07, 6.45) is 2.78. The van der Waals surface area contributed by atoms with Gasteiger partial charge in [0, 0.05) is 0 Å². The third-order valence-electron chi connectivity index (χ3n) is 4.44. The van der Waals surface area contributed by atoms with Gasteiger partial charge in [0.25, 0.3) is 0 Å². The molecule has 2 aliphatic rings. The first kappa shape index (κ1) is 9.30. The molecule has 2 fully saturated rings. The standard InChI is InChI=1S/C13H22/c1-6-9-7-10(8(2)3)12-11(9)13(12,4)5/h9,11-12H,6-7H2,1-5H3/t9?,11-,12?/m1/s1. The van der Waals surface area contributed by atoms with E-state index in [0.717, 1.165) is 17.8 Å². The molecule has 0 N–H and O–H groups in total. The predicted octanol–water partition coefficient (Wildman–Crippen LogP) is 4.02. The van der Waals surface area contributed by atoms with E-state index in [4.69, 9.17) is 0 Å². The molecule has 0 radical (unpaired) electrons. The van der Waals surface area contributed by atoms with E-state index >= 15 is 0 Å². The molecular formula is C13H22. The molecular weight excluding hydrogens is 156 g/mol. The minimum atomic E-state index is 0.630. The van der Waals surface area contributed by atoms with Gasteiger partial charge < -0.3 is 0 Å². The Labute approximate surface area is 82.4 Å². The summed E-state index contributed by atoms with van der Waals surface area (Å²) in [7, 11) is 0. The van der Waals surface area contributed by atoms with Crippen molar-refractivity contribution in [1.29, 1.82) is 0 Å². The normalized spacial score (nSPS) is 40.4. The van der Waals surface area contributed by atoms with E-state index in [-0.39, 0.29) is 0 Å². The molecule has 0 heterocycles. The second-order valence-corrected chi connectivity index (χ2v) is 5.72.